The third-order valence-corrected chi connectivity index (χ3v) is 5.79. The van der Waals surface area contributed by atoms with Gasteiger partial charge in [-0.25, -0.2) is 24.2 Å². The quantitative estimate of drug-likeness (QED) is 0.188. The largest absolute Gasteiger partial charge is 0.497 e. The van der Waals surface area contributed by atoms with Gasteiger partial charge in [0.1, 0.15) is 30.6 Å². The van der Waals surface area contributed by atoms with Crippen molar-refractivity contribution < 1.29 is 43.2 Å². The highest BCUT2D eigenvalue weighted by Gasteiger charge is 2.26. The van der Waals surface area contributed by atoms with Gasteiger partial charge in [-0.05, 0) is 57.5 Å². The van der Waals surface area contributed by atoms with Crippen LogP contribution in [-0.2, 0) is 25.4 Å². The van der Waals surface area contributed by atoms with Crippen LogP contribution in [0, 0.1) is 6.92 Å². The molecule has 222 valence electrons. The predicted octanol–water partition coefficient (Wildman–Crippen LogP) is 4.60. The number of methoxy groups -OCH3 is 1. The fourth-order valence-electron chi connectivity index (χ4n) is 3.93. The van der Waals surface area contributed by atoms with Gasteiger partial charge in [-0.2, -0.15) is 0 Å². The summed E-state index contributed by atoms with van der Waals surface area (Å²) in [6.07, 6.45) is -0.620. The first kappa shape index (κ1) is 31.6. The van der Waals surface area contributed by atoms with E-state index in [9.17, 15) is 24.3 Å². The lowest BCUT2D eigenvalue weighted by atomic mass is 9.97. The van der Waals surface area contributed by atoms with E-state index in [1.165, 1.54) is 25.3 Å². The molecule has 11 heteroatoms. The lowest BCUT2D eigenvalue weighted by Gasteiger charge is -2.23. The van der Waals surface area contributed by atoms with Crippen molar-refractivity contribution in [3.8, 4) is 16.9 Å². The Labute approximate surface area is 243 Å². The number of aromatic carboxylic acids is 1. The number of alkyl carbamates (subject to hydrolysis) is 1. The molecule has 0 spiro atoms. The van der Waals surface area contributed by atoms with Crippen molar-refractivity contribution in [1.29, 1.82) is 0 Å². The number of nitrogens with one attached hydrogen (secondary N) is 1. The number of rotatable bonds is 11. The number of carboxylic acids is 1. The fourth-order valence-corrected chi connectivity index (χ4v) is 3.93. The molecule has 0 saturated carbocycles. The monoisotopic (exact) mass is 578 g/mol. The second kappa shape index (κ2) is 14.1. The first-order chi connectivity index (χ1) is 19.9. The summed E-state index contributed by atoms with van der Waals surface area (Å²) < 4.78 is 21.1. The molecular weight excluding hydrogens is 544 g/mol. The normalized spacial score (nSPS) is 11.6. The van der Waals surface area contributed by atoms with Gasteiger partial charge in [0.15, 0.2) is 5.69 Å². The minimum Gasteiger partial charge on any atom is -0.497 e. The molecule has 42 heavy (non-hydrogen) atoms. The zero-order valence-corrected chi connectivity index (χ0v) is 24.1. The molecule has 1 aromatic heterocycles. The van der Waals surface area contributed by atoms with Gasteiger partial charge in [-0.3, -0.25) is 0 Å². The number of carboxylic acid groups (broad SMARTS) is 1. The van der Waals surface area contributed by atoms with Crippen LogP contribution in [0.25, 0.3) is 11.1 Å². The van der Waals surface area contributed by atoms with E-state index in [-0.39, 0.29) is 42.0 Å². The average Bonchev–Trinajstić information content (AvgIpc) is 2.93. The zero-order valence-electron chi connectivity index (χ0n) is 24.1. The summed E-state index contributed by atoms with van der Waals surface area (Å²) in [4.78, 5) is 54.4. The molecule has 0 aliphatic carbocycles. The highest BCUT2D eigenvalue weighted by atomic mass is 16.6. The molecule has 1 amide bonds. The van der Waals surface area contributed by atoms with Crippen molar-refractivity contribution in [2.45, 2.75) is 45.8 Å². The number of aryl methyl sites for hydroxylation is 1. The van der Waals surface area contributed by atoms with Gasteiger partial charge >= 0.3 is 24.0 Å². The number of hydrogen-bond acceptors (Lipinski definition) is 9. The maximum atomic E-state index is 13.0. The summed E-state index contributed by atoms with van der Waals surface area (Å²) in [7, 11) is 1.44. The highest BCUT2D eigenvalue weighted by molar-refractivity contribution is 6.02. The molecule has 0 bridgehead atoms. The molecule has 3 aromatic rings. The second-order valence-electron chi connectivity index (χ2n) is 10.3. The Bertz CT molecular complexity index is 1430. The van der Waals surface area contributed by atoms with Crippen LogP contribution < -0.4 is 10.1 Å². The van der Waals surface area contributed by atoms with Gasteiger partial charge in [-0.1, -0.05) is 36.4 Å². The lowest BCUT2D eigenvalue weighted by Crippen LogP contribution is -2.45. The van der Waals surface area contributed by atoms with Crippen LogP contribution in [0.2, 0.25) is 0 Å². The first-order valence-corrected chi connectivity index (χ1v) is 13.1. The summed E-state index contributed by atoms with van der Waals surface area (Å²) in [5.74, 6) is -2.37. The van der Waals surface area contributed by atoms with Crippen molar-refractivity contribution >= 4 is 24.0 Å². The number of benzene rings is 2. The molecule has 2 N–H and O–H groups in total. The van der Waals surface area contributed by atoms with Crippen LogP contribution in [0.3, 0.4) is 0 Å². The number of carbonyl (C=O) groups is 4. The van der Waals surface area contributed by atoms with Crippen LogP contribution in [0.4, 0.5) is 4.79 Å². The van der Waals surface area contributed by atoms with Crippen LogP contribution in [0.15, 0.2) is 60.7 Å². The van der Waals surface area contributed by atoms with E-state index in [0.717, 1.165) is 5.56 Å². The number of carbonyl (C=O) groups excluding carboxylic acids is 3. The lowest BCUT2D eigenvalue weighted by molar-refractivity contribution is -0.147. The van der Waals surface area contributed by atoms with Crippen LogP contribution in [-0.4, -0.2) is 66.1 Å². The standard InChI is InChI=1S/C31H34N2O9/c1-19-11-13-22(24-18-21(39-5)12-14-23(24)27(34)35)26(32-19)29(37)41-16-15-40-28(36)25(17-20-9-7-6-8-10-20)33-30(38)42-31(2,3)4/h6-14,18,25H,15-17H2,1-5H3,(H,33,38)(H,34,35). The Kier molecular flexibility index (Phi) is 10.6. The maximum absolute atomic E-state index is 13.0. The van der Waals surface area contributed by atoms with E-state index in [4.69, 9.17) is 18.9 Å². The highest BCUT2D eigenvalue weighted by Crippen LogP contribution is 2.31. The molecule has 0 aliphatic rings. The van der Waals surface area contributed by atoms with Crippen molar-refractivity contribution in [3.63, 3.8) is 0 Å². The van der Waals surface area contributed by atoms with Gasteiger partial charge in [0, 0.05) is 23.2 Å². The molecular formula is C31H34N2O9. The van der Waals surface area contributed by atoms with Crippen LogP contribution in [0.1, 0.15) is 52.9 Å². The van der Waals surface area contributed by atoms with Crippen molar-refractivity contribution in [1.82, 2.24) is 10.3 Å². The number of hydrogen-bond donors (Lipinski definition) is 2. The molecule has 0 fully saturated rings. The Morgan fingerprint density at radius 3 is 2.26 bits per heavy atom. The Balaban J connectivity index is 1.70. The predicted molar refractivity (Wildman–Crippen MR) is 152 cm³/mol. The molecule has 3 rings (SSSR count). The zero-order chi connectivity index (χ0) is 30.9. The second-order valence-corrected chi connectivity index (χ2v) is 10.3. The van der Waals surface area contributed by atoms with E-state index < -0.39 is 35.6 Å². The summed E-state index contributed by atoms with van der Waals surface area (Å²) in [5.41, 5.74) is 0.843. The number of ether oxygens (including phenoxy) is 4. The summed E-state index contributed by atoms with van der Waals surface area (Å²) in [6.45, 7) is 6.18. The molecule has 1 heterocycles. The van der Waals surface area contributed by atoms with Crippen molar-refractivity contribution in [3.05, 3.63) is 83.2 Å². The first-order valence-electron chi connectivity index (χ1n) is 13.1. The molecule has 2 aromatic carbocycles. The number of amides is 1. The van der Waals surface area contributed by atoms with E-state index >= 15 is 0 Å². The number of pyridine rings is 1. The molecule has 1 atom stereocenters. The smallest absolute Gasteiger partial charge is 0.408 e. The summed E-state index contributed by atoms with van der Waals surface area (Å²) >= 11 is 0. The van der Waals surface area contributed by atoms with Crippen LogP contribution >= 0.6 is 0 Å². The average molecular weight is 579 g/mol. The van der Waals surface area contributed by atoms with Gasteiger partial charge in [0.2, 0.25) is 0 Å². The Morgan fingerprint density at radius 2 is 1.62 bits per heavy atom. The molecule has 0 radical (unpaired) electrons. The van der Waals surface area contributed by atoms with Gasteiger partial charge in [-0.15, -0.1) is 0 Å². The number of aromatic nitrogens is 1. The van der Waals surface area contributed by atoms with Gasteiger partial charge in [0.25, 0.3) is 0 Å². The van der Waals surface area contributed by atoms with E-state index in [1.807, 2.05) is 30.3 Å². The van der Waals surface area contributed by atoms with Gasteiger partial charge < -0.3 is 29.4 Å². The third kappa shape index (κ3) is 9.05. The van der Waals surface area contributed by atoms with E-state index in [0.29, 0.717) is 11.4 Å². The SMILES string of the molecule is COc1ccc(C(=O)O)c(-c2ccc(C)nc2C(=O)OCCOC(=O)C(Cc2ccccc2)NC(=O)OC(C)(C)C)c1. The van der Waals surface area contributed by atoms with Gasteiger partial charge in [0.05, 0.1) is 12.7 Å². The number of nitrogens with zero attached hydrogens (tertiary/aromatic N) is 1. The van der Waals surface area contributed by atoms with E-state index in [1.54, 1.807) is 39.8 Å². The molecule has 0 saturated heterocycles. The third-order valence-electron chi connectivity index (χ3n) is 5.79. The molecule has 1 unspecified atom stereocenters. The summed E-state index contributed by atoms with van der Waals surface area (Å²) in [5, 5.41) is 12.2. The van der Waals surface area contributed by atoms with E-state index in [2.05, 4.69) is 10.3 Å². The fraction of sp³-hybridized carbons (Fsp3) is 0.323. The Morgan fingerprint density at radius 1 is 0.929 bits per heavy atom. The maximum Gasteiger partial charge on any atom is 0.408 e. The topological polar surface area (TPSA) is 150 Å². The van der Waals surface area contributed by atoms with Crippen molar-refractivity contribution in [2.75, 3.05) is 20.3 Å². The minimum absolute atomic E-state index is 0.0496. The molecule has 11 nitrogen and oxygen atoms in total. The summed E-state index contributed by atoms with van der Waals surface area (Å²) in [6, 6.07) is 15.6. The van der Waals surface area contributed by atoms with Crippen LogP contribution in [0.5, 0.6) is 5.75 Å². The van der Waals surface area contributed by atoms with Crippen molar-refractivity contribution in [2.24, 2.45) is 0 Å². The number of esters is 2. The Hall–Kier alpha value is -4.93. The minimum atomic E-state index is -1.19. The molecule has 0 aliphatic heterocycles.